The number of piperidine rings is 1. The number of sulfonamides is 1. The minimum Gasteiger partial charge on any atom is -0.383 e. The fourth-order valence-corrected chi connectivity index (χ4v) is 5.09. The van der Waals surface area contributed by atoms with Gasteiger partial charge in [0.1, 0.15) is 11.0 Å². The number of methoxy groups -OCH3 is 1. The Morgan fingerprint density at radius 3 is 2.85 bits per heavy atom. The van der Waals surface area contributed by atoms with E-state index in [0.29, 0.717) is 26.0 Å². The first-order valence-corrected chi connectivity index (χ1v) is 10.1. The van der Waals surface area contributed by atoms with Crippen LogP contribution in [0.2, 0.25) is 5.02 Å². The summed E-state index contributed by atoms with van der Waals surface area (Å²) in [5, 5.41) is 12.2. The van der Waals surface area contributed by atoms with E-state index in [1.807, 2.05) is 6.07 Å². The number of nitriles is 1. The Balaban J connectivity index is 2.26. The Hall–Kier alpha value is -1.66. The van der Waals surface area contributed by atoms with Gasteiger partial charge in [0.2, 0.25) is 15.9 Å². The second-order valence-corrected chi connectivity index (χ2v) is 8.53. The van der Waals surface area contributed by atoms with E-state index >= 15 is 0 Å². The van der Waals surface area contributed by atoms with Crippen LogP contribution in [0.15, 0.2) is 23.1 Å². The number of rotatable bonds is 6. The highest BCUT2D eigenvalue weighted by Crippen LogP contribution is 2.30. The van der Waals surface area contributed by atoms with Gasteiger partial charge in [-0.3, -0.25) is 4.79 Å². The normalized spacial score (nSPS) is 21.2. The summed E-state index contributed by atoms with van der Waals surface area (Å²) in [7, 11) is -2.40. The first kappa shape index (κ1) is 20.6. The van der Waals surface area contributed by atoms with Gasteiger partial charge in [-0.15, -0.1) is 0 Å². The van der Waals surface area contributed by atoms with Crippen LogP contribution in [0, 0.1) is 17.2 Å². The zero-order chi connectivity index (χ0) is 19.3. The van der Waals surface area contributed by atoms with Crippen molar-refractivity contribution < 1.29 is 17.9 Å². The summed E-state index contributed by atoms with van der Waals surface area (Å²) in [5.41, 5.74) is 0.0354. The molecule has 1 heterocycles. The van der Waals surface area contributed by atoms with Gasteiger partial charge in [0.05, 0.1) is 18.1 Å². The van der Waals surface area contributed by atoms with Crippen molar-refractivity contribution in [2.75, 3.05) is 26.8 Å². The lowest BCUT2D eigenvalue weighted by Crippen LogP contribution is -2.49. The van der Waals surface area contributed by atoms with Crippen molar-refractivity contribution in [3.05, 3.63) is 28.8 Å². The van der Waals surface area contributed by atoms with E-state index in [-0.39, 0.29) is 34.0 Å². The molecule has 1 saturated heterocycles. The summed E-state index contributed by atoms with van der Waals surface area (Å²) in [4.78, 5) is 12.2. The number of amides is 1. The molecule has 0 radical (unpaired) electrons. The van der Waals surface area contributed by atoms with Crippen molar-refractivity contribution in [2.24, 2.45) is 5.92 Å². The Morgan fingerprint density at radius 1 is 1.46 bits per heavy atom. The lowest BCUT2D eigenvalue weighted by molar-refractivity contribution is -0.126. The van der Waals surface area contributed by atoms with Crippen LogP contribution in [0.5, 0.6) is 0 Å². The molecule has 1 fully saturated rings. The second kappa shape index (κ2) is 8.82. The van der Waals surface area contributed by atoms with Gasteiger partial charge < -0.3 is 10.1 Å². The third kappa shape index (κ3) is 4.54. The van der Waals surface area contributed by atoms with Crippen LogP contribution in [0.25, 0.3) is 0 Å². The van der Waals surface area contributed by atoms with E-state index in [9.17, 15) is 18.5 Å². The van der Waals surface area contributed by atoms with Crippen LogP contribution in [-0.2, 0) is 19.6 Å². The number of carbonyl (C=O) groups is 1. The SMILES string of the molecule is COCCNC(=O)[C@H]1CC[C@@H](C)N(S(=O)(=O)c2cc(Cl)ccc2C#N)C1. The van der Waals surface area contributed by atoms with E-state index in [1.165, 1.54) is 22.5 Å². The molecule has 1 aromatic rings. The number of carbonyl (C=O) groups excluding carboxylic acids is 1. The summed E-state index contributed by atoms with van der Waals surface area (Å²) < 4.78 is 32.4. The number of benzene rings is 1. The molecular weight excluding hydrogens is 378 g/mol. The minimum atomic E-state index is -3.95. The Kier molecular flexibility index (Phi) is 7.01. The van der Waals surface area contributed by atoms with Crippen molar-refractivity contribution in [3.63, 3.8) is 0 Å². The molecule has 0 bridgehead atoms. The van der Waals surface area contributed by atoms with Crippen LogP contribution in [0.4, 0.5) is 0 Å². The monoisotopic (exact) mass is 399 g/mol. The van der Waals surface area contributed by atoms with Crippen LogP contribution in [0.3, 0.4) is 0 Å². The molecule has 2 atom stereocenters. The van der Waals surface area contributed by atoms with Gasteiger partial charge >= 0.3 is 0 Å². The van der Waals surface area contributed by atoms with Gasteiger partial charge in [-0.05, 0) is 38.0 Å². The van der Waals surface area contributed by atoms with Gasteiger partial charge in [0, 0.05) is 31.3 Å². The molecule has 0 spiro atoms. The predicted octanol–water partition coefficient (Wildman–Crippen LogP) is 1.76. The second-order valence-electron chi connectivity index (χ2n) is 6.23. The number of nitrogens with zero attached hydrogens (tertiary/aromatic N) is 2. The summed E-state index contributed by atoms with van der Waals surface area (Å²) in [6.07, 6.45) is 1.16. The molecule has 142 valence electrons. The van der Waals surface area contributed by atoms with Crippen molar-refractivity contribution in [1.82, 2.24) is 9.62 Å². The lowest BCUT2D eigenvalue weighted by Gasteiger charge is -2.36. The van der Waals surface area contributed by atoms with E-state index in [4.69, 9.17) is 16.3 Å². The highest BCUT2D eigenvalue weighted by atomic mass is 35.5. The van der Waals surface area contributed by atoms with E-state index in [0.717, 1.165) is 0 Å². The van der Waals surface area contributed by atoms with Crippen LogP contribution >= 0.6 is 11.6 Å². The Labute approximate surface area is 158 Å². The van der Waals surface area contributed by atoms with Crippen LogP contribution in [-0.4, -0.2) is 51.5 Å². The summed E-state index contributed by atoms with van der Waals surface area (Å²) in [6, 6.07) is 5.77. The number of hydrogen-bond donors (Lipinski definition) is 1. The predicted molar refractivity (Wildman–Crippen MR) is 97.1 cm³/mol. The molecule has 1 amide bonds. The molecule has 0 unspecified atom stereocenters. The standard InChI is InChI=1S/C17H22ClN3O4S/c1-12-3-4-14(17(22)20-7-8-25-2)11-21(12)26(23,24)16-9-15(18)6-5-13(16)10-19/h5-6,9,12,14H,3-4,7-8,11H2,1-2H3,(H,20,22)/t12-,14+/m1/s1. The fraction of sp³-hybridized carbons (Fsp3) is 0.529. The van der Waals surface area contributed by atoms with Gasteiger partial charge in [-0.1, -0.05) is 11.6 Å². The number of hydrogen-bond acceptors (Lipinski definition) is 5. The molecule has 0 saturated carbocycles. The van der Waals surface area contributed by atoms with E-state index in [2.05, 4.69) is 5.32 Å². The third-order valence-corrected chi connectivity index (χ3v) is 6.71. The topological polar surface area (TPSA) is 99.5 Å². The minimum absolute atomic E-state index is 0.0354. The van der Waals surface area contributed by atoms with E-state index < -0.39 is 15.9 Å². The molecule has 0 aliphatic carbocycles. The molecule has 9 heteroatoms. The number of ether oxygens (including phenoxy) is 1. The number of halogens is 1. The largest absolute Gasteiger partial charge is 0.383 e. The molecule has 1 aromatic carbocycles. The smallest absolute Gasteiger partial charge is 0.244 e. The zero-order valence-corrected chi connectivity index (χ0v) is 16.3. The van der Waals surface area contributed by atoms with Gasteiger partial charge in [-0.25, -0.2) is 8.42 Å². The van der Waals surface area contributed by atoms with Crippen molar-refractivity contribution >= 4 is 27.5 Å². The van der Waals surface area contributed by atoms with Crippen molar-refractivity contribution in [3.8, 4) is 6.07 Å². The average molecular weight is 400 g/mol. The summed E-state index contributed by atoms with van der Waals surface area (Å²) >= 11 is 5.94. The maximum Gasteiger partial charge on any atom is 0.244 e. The van der Waals surface area contributed by atoms with Gasteiger partial charge in [0.25, 0.3) is 0 Å². The lowest BCUT2D eigenvalue weighted by atomic mass is 9.95. The van der Waals surface area contributed by atoms with Gasteiger partial charge in [-0.2, -0.15) is 9.57 Å². The third-order valence-electron chi connectivity index (χ3n) is 4.45. The van der Waals surface area contributed by atoms with Crippen molar-refractivity contribution in [2.45, 2.75) is 30.7 Å². The molecule has 26 heavy (non-hydrogen) atoms. The summed E-state index contributed by atoms with van der Waals surface area (Å²) in [5.74, 6) is -0.636. The maximum atomic E-state index is 13.1. The first-order valence-electron chi connectivity index (χ1n) is 8.29. The molecule has 2 rings (SSSR count). The van der Waals surface area contributed by atoms with E-state index in [1.54, 1.807) is 14.0 Å². The fourth-order valence-electron chi connectivity index (χ4n) is 2.97. The summed E-state index contributed by atoms with van der Waals surface area (Å²) in [6.45, 7) is 2.64. The Bertz CT molecular complexity index is 807. The molecule has 1 N–H and O–H groups in total. The van der Waals surface area contributed by atoms with Crippen molar-refractivity contribution in [1.29, 1.82) is 5.26 Å². The molecule has 0 aromatic heterocycles. The molecule has 1 aliphatic rings. The highest BCUT2D eigenvalue weighted by Gasteiger charge is 2.38. The van der Waals surface area contributed by atoms with Gasteiger partial charge in [0.15, 0.2) is 0 Å². The Morgan fingerprint density at radius 2 is 2.19 bits per heavy atom. The molecule has 1 aliphatic heterocycles. The first-order chi connectivity index (χ1) is 12.3. The quantitative estimate of drug-likeness (QED) is 0.735. The highest BCUT2D eigenvalue weighted by molar-refractivity contribution is 7.89. The molecule has 7 nitrogen and oxygen atoms in total. The average Bonchev–Trinajstić information content (AvgIpc) is 2.62. The number of nitrogens with one attached hydrogen (secondary N) is 1. The maximum absolute atomic E-state index is 13.1. The zero-order valence-electron chi connectivity index (χ0n) is 14.7. The van der Waals surface area contributed by atoms with Crippen LogP contribution in [0.1, 0.15) is 25.3 Å². The molecular formula is C17H22ClN3O4S. The van der Waals surface area contributed by atoms with Crippen LogP contribution < -0.4 is 5.32 Å².